The molecule has 0 bridgehead atoms. The van der Waals surface area contributed by atoms with Gasteiger partial charge in [0.1, 0.15) is 0 Å². The van der Waals surface area contributed by atoms with Crippen molar-refractivity contribution in [3.63, 3.8) is 0 Å². The zero-order valence-corrected chi connectivity index (χ0v) is 16.3. The maximum absolute atomic E-state index is 11.9. The van der Waals surface area contributed by atoms with Gasteiger partial charge in [-0.25, -0.2) is 0 Å². The molecule has 8 nitrogen and oxygen atoms in total. The quantitative estimate of drug-likeness (QED) is 0.593. The van der Waals surface area contributed by atoms with Crippen LogP contribution in [0.25, 0.3) is 0 Å². The molecule has 0 aliphatic heterocycles. The lowest BCUT2D eigenvalue weighted by Gasteiger charge is -2.08. The van der Waals surface area contributed by atoms with Crippen LogP contribution < -0.4 is 16.0 Å². The molecule has 152 valence electrons. The molecule has 0 fully saturated rings. The van der Waals surface area contributed by atoms with Gasteiger partial charge in [-0.3, -0.25) is 19.2 Å². The van der Waals surface area contributed by atoms with Crippen molar-refractivity contribution in [3.8, 4) is 0 Å². The van der Waals surface area contributed by atoms with Gasteiger partial charge in [-0.15, -0.1) is 0 Å². The maximum Gasteiger partial charge on any atom is 0.306 e. The standard InChI is InChI=1S/C21H23N3O5/c1-14-3-5-17(6-4-14)24-20(27)13-29-21(28)12-11-19(26)23-18-9-7-16(8-10-18)22-15(2)25/h3-10H,11-13H2,1-2H3,(H,22,25)(H,23,26)(H,24,27). The van der Waals surface area contributed by atoms with Gasteiger partial charge in [-0.05, 0) is 43.3 Å². The third-order valence-electron chi connectivity index (χ3n) is 3.74. The minimum absolute atomic E-state index is 0.0775. The first-order valence-electron chi connectivity index (χ1n) is 9.01. The van der Waals surface area contributed by atoms with Crippen molar-refractivity contribution < 1.29 is 23.9 Å². The molecule has 3 N–H and O–H groups in total. The van der Waals surface area contributed by atoms with Crippen molar-refractivity contribution in [1.29, 1.82) is 0 Å². The number of carbonyl (C=O) groups excluding carboxylic acids is 4. The van der Waals surface area contributed by atoms with E-state index in [0.29, 0.717) is 17.1 Å². The van der Waals surface area contributed by atoms with Gasteiger partial charge >= 0.3 is 5.97 Å². The van der Waals surface area contributed by atoms with Crippen LogP contribution in [0.15, 0.2) is 48.5 Å². The molecule has 0 saturated heterocycles. The van der Waals surface area contributed by atoms with Gasteiger partial charge in [0.25, 0.3) is 5.91 Å². The number of nitrogens with one attached hydrogen (secondary N) is 3. The van der Waals surface area contributed by atoms with Crippen LogP contribution in [0.5, 0.6) is 0 Å². The molecule has 2 aromatic rings. The van der Waals surface area contributed by atoms with E-state index in [9.17, 15) is 19.2 Å². The van der Waals surface area contributed by atoms with Crippen molar-refractivity contribution in [3.05, 3.63) is 54.1 Å². The minimum Gasteiger partial charge on any atom is -0.456 e. The molecule has 0 spiro atoms. The molecule has 29 heavy (non-hydrogen) atoms. The predicted octanol–water partition coefficient (Wildman–Crippen LogP) is 2.85. The van der Waals surface area contributed by atoms with Crippen molar-refractivity contribution >= 4 is 40.8 Å². The molecule has 0 radical (unpaired) electrons. The molecule has 0 saturated carbocycles. The third kappa shape index (κ3) is 8.25. The lowest BCUT2D eigenvalue weighted by Crippen LogP contribution is -2.21. The summed E-state index contributed by atoms with van der Waals surface area (Å²) in [6.07, 6.45) is -0.223. The molecule has 8 heteroatoms. The fourth-order valence-electron chi connectivity index (χ4n) is 2.33. The van der Waals surface area contributed by atoms with E-state index in [4.69, 9.17) is 4.74 Å². The van der Waals surface area contributed by atoms with Crippen molar-refractivity contribution in [2.45, 2.75) is 26.7 Å². The van der Waals surface area contributed by atoms with Gasteiger partial charge in [-0.1, -0.05) is 17.7 Å². The Morgan fingerprint density at radius 1 is 0.724 bits per heavy atom. The number of carbonyl (C=O) groups is 4. The second-order valence-electron chi connectivity index (χ2n) is 6.38. The van der Waals surface area contributed by atoms with E-state index < -0.39 is 18.5 Å². The highest BCUT2D eigenvalue weighted by atomic mass is 16.5. The first kappa shape index (κ1) is 21.6. The van der Waals surface area contributed by atoms with Crippen LogP contribution in [-0.2, 0) is 23.9 Å². The molecule has 2 rings (SSSR count). The summed E-state index contributed by atoms with van der Waals surface area (Å²) < 4.78 is 4.88. The highest BCUT2D eigenvalue weighted by molar-refractivity contribution is 5.95. The number of anilines is 3. The summed E-state index contributed by atoms with van der Waals surface area (Å²) in [6.45, 7) is 2.92. The van der Waals surface area contributed by atoms with Crippen LogP contribution in [0.4, 0.5) is 17.1 Å². The number of ether oxygens (including phenoxy) is 1. The van der Waals surface area contributed by atoms with Gasteiger partial charge in [0, 0.05) is 30.4 Å². The van der Waals surface area contributed by atoms with Crippen LogP contribution in [0.1, 0.15) is 25.3 Å². The summed E-state index contributed by atoms with van der Waals surface area (Å²) in [5.74, 6) is -1.64. The number of hydrogen-bond donors (Lipinski definition) is 3. The minimum atomic E-state index is -0.639. The topological polar surface area (TPSA) is 114 Å². The molecule has 0 aliphatic rings. The summed E-state index contributed by atoms with van der Waals surface area (Å²) in [4.78, 5) is 46.4. The maximum atomic E-state index is 11.9. The number of hydrogen-bond acceptors (Lipinski definition) is 5. The fourth-order valence-corrected chi connectivity index (χ4v) is 2.33. The van der Waals surface area contributed by atoms with Crippen LogP contribution in [0.2, 0.25) is 0 Å². The number of benzene rings is 2. The van der Waals surface area contributed by atoms with Crippen LogP contribution in [0.3, 0.4) is 0 Å². The summed E-state index contributed by atoms with van der Waals surface area (Å²) in [5, 5.41) is 7.88. The second kappa shape index (κ2) is 10.6. The van der Waals surface area contributed by atoms with Crippen molar-refractivity contribution in [2.24, 2.45) is 0 Å². The fraction of sp³-hybridized carbons (Fsp3) is 0.238. The van der Waals surface area contributed by atoms with E-state index >= 15 is 0 Å². The molecule has 0 heterocycles. The van der Waals surface area contributed by atoms with Crippen molar-refractivity contribution in [2.75, 3.05) is 22.6 Å². The highest BCUT2D eigenvalue weighted by Crippen LogP contribution is 2.14. The Labute approximate surface area is 168 Å². The summed E-state index contributed by atoms with van der Waals surface area (Å²) in [5.41, 5.74) is 2.83. The Kier molecular flexibility index (Phi) is 7.90. The zero-order valence-electron chi connectivity index (χ0n) is 16.3. The summed E-state index contributed by atoms with van der Waals surface area (Å²) in [7, 11) is 0. The number of amides is 3. The van der Waals surface area contributed by atoms with E-state index in [2.05, 4.69) is 16.0 Å². The second-order valence-corrected chi connectivity index (χ2v) is 6.38. The van der Waals surface area contributed by atoms with Crippen molar-refractivity contribution in [1.82, 2.24) is 0 Å². The molecule has 2 aromatic carbocycles. The molecule has 0 unspecified atom stereocenters. The van der Waals surface area contributed by atoms with E-state index in [-0.39, 0.29) is 24.7 Å². The van der Waals surface area contributed by atoms with Gasteiger partial charge in [0.2, 0.25) is 11.8 Å². The Morgan fingerprint density at radius 2 is 1.21 bits per heavy atom. The number of rotatable bonds is 8. The molecular weight excluding hydrogens is 374 g/mol. The average molecular weight is 397 g/mol. The molecule has 0 atom stereocenters. The molecular formula is C21H23N3O5. The number of esters is 1. The Balaban J connectivity index is 1.67. The molecule has 0 aromatic heterocycles. The predicted molar refractivity (Wildman–Crippen MR) is 109 cm³/mol. The third-order valence-corrected chi connectivity index (χ3v) is 3.74. The van der Waals surface area contributed by atoms with Crippen LogP contribution in [0, 0.1) is 6.92 Å². The zero-order chi connectivity index (χ0) is 21.2. The first-order valence-corrected chi connectivity index (χ1v) is 9.01. The normalized spacial score (nSPS) is 10.0. The van der Waals surface area contributed by atoms with E-state index in [1.807, 2.05) is 19.1 Å². The van der Waals surface area contributed by atoms with E-state index in [1.54, 1.807) is 36.4 Å². The van der Waals surface area contributed by atoms with Gasteiger partial charge in [0.15, 0.2) is 6.61 Å². The smallest absolute Gasteiger partial charge is 0.306 e. The summed E-state index contributed by atoms with van der Waals surface area (Å²) in [6, 6.07) is 13.8. The van der Waals surface area contributed by atoms with E-state index in [0.717, 1.165) is 5.56 Å². The highest BCUT2D eigenvalue weighted by Gasteiger charge is 2.11. The SMILES string of the molecule is CC(=O)Nc1ccc(NC(=O)CCC(=O)OCC(=O)Nc2ccc(C)cc2)cc1. The average Bonchev–Trinajstić information content (AvgIpc) is 2.68. The largest absolute Gasteiger partial charge is 0.456 e. The van der Waals surface area contributed by atoms with E-state index in [1.165, 1.54) is 6.92 Å². The Hall–Kier alpha value is -3.68. The van der Waals surface area contributed by atoms with Gasteiger partial charge in [-0.2, -0.15) is 0 Å². The molecule has 3 amide bonds. The van der Waals surface area contributed by atoms with Crippen LogP contribution >= 0.6 is 0 Å². The van der Waals surface area contributed by atoms with Gasteiger partial charge in [0.05, 0.1) is 6.42 Å². The molecule has 0 aliphatic carbocycles. The van der Waals surface area contributed by atoms with Gasteiger partial charge < -0.3 is 20.7 Å². The van der Waals surface area contributed by atoms with Crippen LogP contribution in [-0.4, -0.2) is 30.3 Å². The lowest BCUT2D eigenvalue weighted by atomic mass is 10.2. The Morgan fingerprint density at radius 3 is 1.76 bits per heavy atom. The monoisotopic (exact) mass is 397 g/mol. The summed E-state index contributed by atoms with van der Waals surface area (Å²) >= 11 is 0. The lowest BCUT2D eigenvalue weighted by molar-refractivity contribution is -0.147. The first-order chi connectivity index (χ1) is 13.8. The number of aryl methyl sites for hydroxylation is 1. The Bertz CT molecular complexity index is 876.